The molecule has 0 spiro atoms. The molecule has 0 N–H and O–H groups in total. The molecular weight excluding hydrogens is 188 g/mol. The summed E-state index contributed by atoms with van der Waals surface area (Å²) < 4.78 is 2.01. The number of fused-ring (bicyclic) bond motifs is 1. The number of hydrogen-bond donors (Lipinski definition) is 0. The highest BCUT2D eigenvalue weighted by atomic mass is 16.1. The molecule has 2 rings (SSSR count). The number of nitrogens with zero attached hydrogens (tertiary/aromatic N) is 2. The van der Waals surface area contributed by atoms with Gasteiger partial charge in [0.25, 0.3) is 0 Å². The first kappa shape index (κ1) is 9.90. The number of pyridine rings is 2. The van der Waals surface area contributed by atoms with Gasteiger partial charge in [0.2, 0.25) is 0 Å². The van der Waals surface area contributed by atoms with E-state index in [0.717, 1.165) is 23.4 Å². The first-order valence-electron chi connectivity index (χ1n) is 5.11. The highest BCUT2D eigenvalue weighted by molar-refractivity contribution is 5.75. The van der Waals surface area contributed by atoms with Crippen LogP contribution in [0.3, 0.4) is 0 Å². The van der Waals surface area contributed by atoms with E-state index in [-0.39, 0.29) is 5.43 Å². The summed E-state index contributed by atoms with van der Waals surface area (Å²) in [5.41, 5.74) is 2.58. The first-order chi connectivity index (χ1) is 7.13. The zero-order chi connectivity index (χ0) is 11.0. The highest BCUT2D eigenvalue weighted by Crippen LogP contribution is 2.10. The Morgan fingerprint density at radius 3 is 2.73 bits per heavy atom. The molecule has 3 heteroatoms. The van der Waals surface area contributed by atoms with Gasteiger partial charge < -0.3 is 4.57 Å². The second kappa shape index (κ2) is 3.50. The summed E-state index contributed by atoms with van der Waals surface area (Å²) in [6.45, 7) is 6.65. The summed E-state index contributed by atoms with van der Waals surface area (Å²) in [6, 6.07) is 3.74. The van der Waals surface area contributed by atoms with E-state index in [4.69, 9.17) is 0 Å². The minimum atomic E-state index is 0.0854. The lowest BCUT2D eigenvalue weighted by molar-refractivity contribution is 0.770. The summed E-state index contributed by atoms with van der Waals surface area (Å²) in [7, 11) is 0. The average Bonchev–Trinajstić information content (AvgIpc) is 2.23. The van der Waals surface area contributed by atoms with Gasteiger partial charge >= 0.3 is 0 Å². The molecule has 3 nitrogen and oxygen atoms in total. The van der Waals surface area contributed by atoms with E-state index < -0.39 is 0 Å². The van der Waals surface area contributed by atoms with Crippen LogP contribution in [-0.4, -0.2) is 9.55 Å². The zero-order valence-corrected chi connectivity index (χ0v) is 9.24. The van der Waals surface area contributed by atoms with Crippen molar-refractivity contribution in [3.8, 4) is 0 Å². The number of rotatable bonds is 1. The molecule has 15 heavy (non-hydrogen) atoms. The highest BCUT2D eigenvalue weighted by Gasteiger charge is 2.06. The topological polar surface area (TPSA) is 34.9 Å². The van der Waals surface area contributed by atoms with Gasteiger partial charge in [-0.15, -0.1) is 0 Å². The Bertz CT molecular complexity index is 570. The third-order valence-corrected chi connectivity index (χ3v) is 2.58. The van der Waals surface area contributed by atoms with Crippen LogP contribution in [0.5, 0.6) is 0 Å². The molecule has 78 valence electrons. The van der Waals surface area contributed by atoms with E-state index >= 15 is 0 Å². The predicted molar refractivity (Wildman–Crippen MR) is 61.2 cm³/mol. The molecule has 0 unspecified atom stereocenters. The monoisotopic (exact) mass is 202 g/mol. The van der Waals surface area contributed by atoms with E-state index in [2.05, 4.69) is 4.98 Å². The molecule has 0 bridgehead atoms. The van der Waals surface area contributed by atoms with Gasteiger partial charge in [-0.3, -0.25) is 4.79 Å². The molecule has 2 heterocycles. The zero-order valence-electron chi connectivity index (χ0n) is 9.24. The fourth-order valence-corrected chi connectivity index (χ4v) is 1.75. The second-order valence-electron chi connectivity index (χ2n) is 3.75. The quantitative estimate of drug-likeness (QED) is 0.709. The smallest absolute Gasteiger partial charge is 0.193 e. The summed E-state index contributed by atoms with van der Waals surface area (Å²) >= 11 is 0. The molecule has 0 fully saturated rings. The lowest BCUT2D eigenvalue weighted by Crippen LogP contribution is -2.13. The molecule has 0 aromatic carbocycles. The van der Waals surface area contributed by atoms with E-state index in [1.807, 2.05) is 43.7 Å². The Morgan fingerprint density at radius 2 is 2.07 bits per heavy atom. The number of aromatic nitrogens is 2. The van der Waals surface area contributed by atoms with Crippen molar-refractivity contribution in [2.24, 2.45) is 0 Å². The van der Waals surface area contributed by atoms with Crippen LogP contribution in [0.4, 0.5) is 0 Å². The van der Waals surface area contributed by atoms with Gasteiger partial charge in [0.05, 0.1) is 5.39 Å². The molecule has 2 aromatic heterocycles. The fourth-order valence-electron chi connectivity index (χ4n) is 1.75. The summed E-state index contributed by atoms with van der Waals surface area (Å²) in [4.78, 5) is 16.3. The Balaban J connectivity index is 2.96. The molecule has 0 aliphatic heterocycles. The van der Waals surface area contributed by atoms with Crippen LogP contribution in [0.25, 0.3) is 11.0 Å². The van der Waals surface area contributed by atoms with Crippen molar-refractivity contribution in [1.29, 1.82) is 0 Å². The fraction of sp³-hybridized carbons (Fsp3) is 0.333. The van der Waals surface area contributed by atoms with E-state index in [1.54, 1.807) is 0 Å². The van der Waals surface area contributed by atoms with Crippen molar-refractivity contribution in [3.63, 3.8) is 0 Å². The SMILES string of the molecule is CCn1cc(C)c(=O)c2ccc(C)nc21. The van der Waals surface area contributed by atoms with Gasteiger partial charge in [-0.05, 0) is 32.9 Å². The van der Waals surface area contributed by atoms with Crippen LogP contribution < -0.4 is 5.43 Å². The van der Waals surface area contributed by atoms with Crippen LogP contribution in [0.2, 0.25) is 0 Å². The van der Waals surface area contributed by atoms with Crippen molar-refractivity contribution in [1.82, 2.24) is 9.55 Å². The van der Waals surface area contributed by atoms with Gasteiger partial charge in [-0.1, -0.05) is 0 Å². The molecule has 0 aliphatic rings. The molecule has 0 aliphatic carbocycles. The van der Waals surface area contributed by atoms with Gasteiger partial charge in [-0.2, -0.15) is 0 Å². The third kappa shape index (κ3) is 1.54. The van der Waals surface area contributed by atoms with Gasteiger partial charge in [-0.25, -0.2) is 4.98 Å². The van der Waals surface area contributed by atoms with Crippen molar-refractivity contribution in [3.05, 3.63) is 39.8 Å². The number of hydrogen-bond acceptors (Lipinski definition) is 2. The maximum absolute atomic E-state index is 11.9. The lowest BCUT2D eigenvalue weighted by Gasteiger charge is -2.09. The minimum absolute atomic E-state index is 0.0854. The Kier molecular flexibility index (Phi) is 2.31. The summed E-state index contributed by atoms with van der Waals surface area (Å²) in [5, 5.41) is 0.711. The van der Waals surface area contributed by atoms with Crippen LogP contribution in [0.1, 0.15) is 18.2 Å². The molecule has 0 saturated heterocycles. The standard InChI is InChI=1S/C12H14N2O/c1-4-14-7-8(2)11(15)10-6-5-9(3)13-12(10)14/h5-7H,4H2,1-3H3. The van der Waals surface area contributed by atoms with Crippen LogP contribution in [-0.2, 0) is 6.54 Å². The maximum Gasteiger partial charge on any atom is 0.193 e. The molecule has 0 atom stereocenters. The summed E-state index contributed by atoms with van der Waals surface area (Å²) in [6.07, 6.45) is 1.87. The van der Waals surface area contributed by atoms with E-state index in [0.29, 0.717) is 5.39 Å². The predicted octanol–water partition coefficient (Wildman–Crippen LogP) is 2.03. The van der Waals surface area contributed by atoms with Crippen molar-refractivity contribution in [2.45, 2.75) is 27.3 Å². The van der Waals surface area contributed by atoms with Crippen molar-refractivity contribution >= 4 is 11.0 Å². The first-order valence-corrected chi connectivity index (χ1v) is 5.11. The summed E-state index contributed by atoms with van der Waals surface area (Å²) in [5.74, 6) is 0. The normalized spacial score (nSPS) is 10.9. The molecule has 0 saturated carbocycles. The maximum atomic E-state index is 11.9. The van der Waals surface area contributed by atoms with E-state index in [9.17, 15) is 4.79 Å². The van der Waals surface area contributed by atoms with Gasteiger partial charge in [0.1, 0.15) is 5.65 Å². The Hall–Kier alpha value is -1.64. The van der Waals surface area contributed by atoms with Crippen molar-refractivity contribution in [2.75, 3.05) is 0 Å². The largest absolute Gasteiger partial charge is 0.332 e. The third-order valence-electron chi connectivity index (χ3n) is 2.58. The minimum Gasteiger partial charge on any atom is -0.332 e. The van der Waals surface area contributed by atoms with Crippen LogP contribution >= 0.6 is 0 Å². The molecular formula is C12H14N2O. The lowest BCUT2D eigenvalue weighted by atomic mass is 10.2. The van der Waals surface area contributed by atoms with E-state index in [1.165, 1.54) is 0 Å². The second-order valence-corrected chi connectivity index (χ2v) is 3.75. The molecule has 2 aromatic rings. The molecule has 0 radical (unpaired) electrons. The van der Waals surface area contributed by atoms with Gasteiger partial charge in [0.15, 0.2) is 5.43 Å². The Morgan fingerprint density at radius 1 is 1.33 bits per heavy atom. The average molecular weight is 202 g/mol. The van der Waals surface area contributed by atoms with Crippen molar-refractivity contribution < 1.29 is 0 Å². The van der Waals surface area contributed by atoms with Crippen LogP contribution in [0.15, 0.2) is 23.1 Å². The molecule has 0 amide bonds. The van der Waals surface area contributed by atoms with Gasteiger partial charge in [0, 0.05) is 24.0 Å². The van der Waals surface area contributed by atoms with Crippen LogP contribution in [0, 0.1) is 13.8 Å². The number of aryl methyl sites for hydroxylation is 3. The Labute approximate surface area is 88.4 Å².